The molecule has 1 aliphatic rings. The van der Waals surface area contributed by atoms with Gasteiger partial charge in [-0.1, -0.05) is 32.0 Å². The molecule has 5 heteroatoms. The van der Waals surface area contributed by atoms with Gasteiger partial charge in [0.15, 0.2) is 0 Å². The summed E-state index contributed by atoms with van der Waals surface area (Å²) >= 11 is 0. The predicted molar refractivity (Wildman–Crippen MR) is 118 cm³/mol. The van der Waals surface area contributed by atoms with Gasteiger partial charge >= 0.3 is 0 Å². The summed E-state index contributed by atoms with van der Waals surface area (Å²) < 4.78 is 11.2. The Kier molecular flexibility index (Phi) is 7.78. The number of rotatable bonds is 9. The van der Waals surface area contributed by atoms with E-state index in [4.69, 9.17) is 9.47 Å². The van der Waals surface area contributed by atoms with E-state index in [2.05, 4.69) is 41.8 Å². The number of aliphatic hydroxyl groups is 1. The maximum Gasteiger partial charge on any atom is 0.122 e. The number of hydrogen-bond donors (Lipinski definition) is 1. The van der Waals surface area contributed by atoms with Crippen molar-refractivity contribution in [1.82, 2.24) is 4.90 Å². The molecule has 0 amide bonds. The van der Waals surface area contributed by atoms with Crippen molar-refractivity contribution in [2.45, 2.75) is 32.3 Å². The number of methoxy groups -OCH3 is 1. The van der Waals surface area contributed by atoms with Crippen molar-refractivity contribution in [3.63, 3.8) is 0 Å². The molecule has 1 N–H and O–H groups in total. The molecular weight excluding hydrogens is 364 g/mol. The number of β-amino-alcohol motifs (C(OH)–C–C–N with tert-alkyl or cyclic N) is 1. The van der Waals surface area contributed by atoms with Crippen molar-refractivity contribution in [3.05, 3.63) is 54.1 Å². The van der Waals surface area contributed by atoms with Crippen molar-refractivity contribution >= 4 is 5.69 Å². The Labute approximate surface area is 174 Å². The second-order valence-corrected chi connectivity index (χ2v) is 7.80. The molecule has 0 radical (unpaired) electrons. The van der Waals surface area contributed by atoms with Crippen LogP contribution in [0.25, 0.3) is 0 Å². The Hall–Kier alpha value is -2.24. The van der Waals surface area contributed by atoms with Crippen molar-refractivity contribution < 1.29 is 14.6 Å². The van der Waals surface area contributed by atoms with Gasteiger partial charge in [0, 0.05) is 38.4 Å². The van der Waals surface area contributed by atoms with Crippen LogP contribution in [-0.2, 0) is 0 Å². The third-order valence-electron chi connectivity index (χ3n) is 5.77. The van der Waals surface area contributed by atoms with Crippen molar-refractivity contribution in [2.75, 3.05) is 51.3 Å². The lowest BCUT2D eigenvalue weighted by Crippen LogP contribution is -2.49. The summed E-state index contributed by atoms with van der Waals surface area (Å²) in [6.07, 6.45) is 0.578. The van der Waals surface area contributed by atoms with Gasteiger partial charge in [-0.05, 0) is 48.2 Å². The Balaban J connectivity index is 1.45. The first kappa shape index (κ1) is 21.5. The average Bonchev–Trinajstić information content (AvgIpc) is 2.78. The summed E-state index contributed by atoms with van der Waals surface area (Å²) in [5.41, 5.74) is 2.44. The average molecular weight is 399 g/mol. The first-order valence-corrected chi connectivity index (χ1v) is 10.6. The highest BCUT2D eigenvalue weighted by Gasteiger charge is 2.20. The van der Waals surface area contributed by atoms with Crippen LogP contribution in [0.5, 0.6) is 11.5 Å². The summed E-state index contributed by atoms with van der Waals surface area (Å²) in [7, 11) is 1.69. The van der Waals surface area contributed by atoms with E-state index in [0.29, 0.717) is 19.1 Å². The largest absolute Gasteiger partial charge is 0.497 e. The van der Waals surface area contributed by atoms with Gasteiger partial charge in [0.2, 0.25) is 0 Å². The van der Waals surface area contributed by atoms with Gasteiger partial charge < -0.3 is 19.5 Å². The molecule has 0 spiro atoms. The molecule has 29 heavy (non-hydrogen) atoms. The fraction of sp³-hybridized carbons (Fsp3) is 0.500. The van der Waals surface area contributed by atoms with Crippen LogP contribution < -0.4 is 14.4 Å². The van der Waals surface area contributed by atoms with Crippen molar-refractivity contribution in [1.29, 1.82) is 0 Å². The summed E-state index contributed by atoms with van der Waals surface area (Å²) in [6.45, 7) is 9.14. The molecule has 0 unspecified atom stereocenters. The van der Waals surface area contributed by atoms with Crippen LogP contribution in [0, 0.1) is 0 Å². The molecule has 1 saturated heterocycles. The number of para-hydroxylation sites is 1. The first-order chi connectivity index (χ1) is 14.1. The minimum atomic E-state index is -0.493. The van der Waals surface area contributed by atoms with Gasteiger partial charge in [-0.2, -0.15) is 0 Å². The molecule has 1 aliphatic heterocycles. The second kappa shape index (κ2) is 10.5. The SMILES string of the molecule is CC[C@@H](C)c1ccccc1OC[C@H](O)CN1CCN(c2ccc(OC)cc2)CC1. The van der Waals surface area contributed by atoms with E-state index in [9.17, 15) is 5.11 Å². The molecule has 2 aromatic rings. The number of piperazine rings is 1. The van der Waals surface area contributed by atoms with E-state index in [-0.39, 0.29) is 0 Å². The van der Waals surface area contributed by atoms with E-state index in [1.807, 2.05) is 30.3 Å². The highest BCUT2D eigenvalue weighted by atomic mass is 16.5. The molecule has 0 saturated carbocycles. The lowest BCUT2D eigenvalue weighted by atomic mass is 9.98. The quantitative estimate of drug-likeness (QED) is 0.697. The van der Waals surface area contributed by atoms with Gasteiger partial charge in [-0.3, -0.25) is 4.90 Å². The van der Waals surface area contributed by atoms with Gasteiger partial charge in [0.05, 0.1) is 7.11 Å². The van der Waals surface area contributed by atoms with Gasteiger partial charge in [0.1, 0.15) is 24.2 Å². The fourth-order valence-electron chi connectivity index (χ4n) is 3.76. The lowest BCUT2D eigenvalue weighted by molar-refractivity contribution is 0.0658. The molecule has 2 aromatic carbocycles. The molecule has 158 valence electrons. The maximum atomic E-state index is 10.5. The normalized spacial score (nSPS) is 17.0. The fourth-order valence-corrected chi connectivity index (χ4v) is 3.76. The number of ether oxygens (including phenoxy) is 2. The van der Waals surface area contributed by atoms with Crippen LogP contribution in [0.15, 0.2) is 48.5 Å². The highest BCUT2D eigenvalue weighted by molar-refractivity contribution is 5.49. The number of hydrogen-bond acceptors (Lipinski definition) is 5. The van der Waals surface area contributed by atoms with Crippen LogP contribution in [0.3, 0.4) is 0 Å². The van der Waals surface area contributed by atoms with E-state index in [0.717, 1.165) is 44.1 Å². The third kappa shape index (κ3) is 5.87. The van der Waals surface area contributed by atoms with Crippen LogP contribution in [0.4, 0.5) is 5.69 Å². The van der Waals surface area contributed by atoms with Crippen LogP contribution >= 0.6 is 0 Å². The van der Waals surface area contributed by atoms with Crippen LogP contribution in [0.2, 0.25) is 0 Å². The number of anilines is 1. The molecule has 0 bridgehead atoms. The Morgan fingerprint density at radius 3 is 2.34 bits per heavy atom. The van der Waals surface area contributed by atoms with E-state index >= 15 is 0 Å². The molecule has 0 aromatic heterocycles. The highest BCUT2D eigenvalue weighted by Crippen LogP contribution is 2.28. The Morgan fingerprint density at radius 1 is 1.00 bits per heavy atom. The minimum absolute atomic E-state index is 0.326. The van der Waals surface area contributed by atoms with Gasteiger partial charge in [0.25, 0.3) is 0 Å². The maximum absolute atomic E-state index is 10.5. The Morgan fingerprint density at radius 2 is 1.69 bits per heavy atom. The predicted octanol–water partition coefficient (Wildman–Crippen LogP) is 3.77. The molecule has 0 aliphatic carbocycles. The lowest BCUT2D eigenvalue weighted by Gasteiger charge is -2.37. The van der Waals surface area contributed by atoms with Gasteiger partial charge in [-0.15, -0.1) is 0 Å². The summed E-state index contributed by atoms with van der Waals surface area (Å²) in [6, 6.07) is 16.4. The summed E-state index contributed by atoms with van der Waals surface area (Å²) in [5.74, 6) is 2.23. The Bertz CT molecular complexity index is 742. The van der Waals surface area contributed by atoms with Crippen molar-refractivity contribution in [2.24, 2.45) is 0 Å². The molecular formula is C24H34N2O3. The van der Waals surface area contributed by atoms with E-state index in [1.165, 1.54) is 11.3 Å². The second-order valence-electron chi connectivity index (χ2n) is 7.80. The molecule has 1 fully saturated rings. The summed E-state index contributed by atoms with van der Waals surface area (Å²) in [5, 5.41) is 10.5. The topological polar surface area (TPSA) is 45.2 Å². The zero-order valence-electron chi connectivity index (χ0n) is 17.9. The standard InChI is InChI=1S/C24H34N2O3/c1-4-19(2)23-7-5-6-8-24(23)29-18-21(27)17-25-13-15-26(16-14-25)20-9-11-22(28-3)12-10-20/h5-12,19,21,27H,4,13-18H2,1-3H3/t19-,21-/m1/s1. The van der Waals surface area contributed by atoms with Crippen LogP contribution in [-0.4, -0.2) is 62.6 Å². The number of benzene rings is 2. The summed E-state index contributed by atoms with van der Waals surface area (Å²) in [4.78, 5) is 4.69. The first-order valence-electron chi connectivity index (χ1n) is 10.6. The van der Waals surface area contributed by atoms with Crippen molar-refractivity contribution in [3.8, 4) is 11.5 Å². The van der Waals surface area contributed by atoms with Gasteiger partial charge in [-0.25, -0.2) is 0 Å². The minimum Gasteiger partial charge on any atom is -0.497 e. The number of aliphatic hydroxyl groups excluding tert-OH is 1. The molecule has 2 atom stereocenters. The number of nitrogens with zero attached hydrogens (tertiary/aromatic N) is 2. The zero-order chi connectivity index (χ0) is 20.6. The molecule has 5 nitrogen and oxygen atoms in total. The molecule has 1 heterocycles. The smallest absolute Gasteiger partial charge is 0.122 e. The zero-order valence-corrected chi connectivity index (χ0v) is 17.9. The molecule has 3 rings (SSSR count). The van der Waals surface area contributed by atoms with Crippen LogP contribution in [0.1, 0.15) is 31.7 Å². The third-order valence-corrected chi connectivity index (χ3v) is 5.77. The van der Waals surface area contributed by atoms with E-state index in [1.54, 1.807) is 7.11 Å². The van der Waals surface area contributed by atoms with E-state index < -0.39 is 6.10 Å². The monoisotopic (exact) mass is 398 g/mol.